The van der Waals surface area contributed by atoms with E-state index in [2.05, 4.69) is 0 Å². The number of hydrogen-bond acceptors (Lipinski definition) is 2. The van der Waals surface area contributed by atoms with E-state index in [9.17, 15) is 18.0 Å². The minimum absolute atomic E-state index is 0.321. The van der Waals surface area contributed by atoms with Gasteiger partial charge in [0.15, 0.2) is 11.6 Å². The van der Waals surface area contributed by atoms with Crippen LogP contribution in [0.4, 0.5) is 13.2 Å². The molecule has 0 fully saturated rings. The number of halogens is 3. The summed E-state index contributed by atoms with van der Waals surface area (Å²) in [7, 11) is 0. The van der Waals surface area contributed by atoms with Crippen LogP contribution in [0.15, 0.2) is 41.3 Å². The van der Waals surface area contributed by atoms with Crippen LogP contribution in [0.5, 0.6) is 0 Å². The van der Waals surface area contributed by atoms with Crippen molar-refractivity contribution in [1.29, 1.82) is 0 Å². The summed E-state index contributed by atoms with van der Waals surface area (Å²) in [6.45, 7) is 0. The van der Waals surface area contributed by atoms with Gasteiger partial charge in [0.1, 0.15) is 5.82 Å². The summed E-state index contributed by atoms with van der Waals surface area (Å²) >= 11 is 1.21. The molecule has 0 aromatic heterocycles. The van der Waals surface area contributed by atoms with Crippen molar-refractivity contribution in [3.63, 3.8) is 0 Å². The monoisotopic (exact) mass is 298 g/mol. The number of carboxylic acids is 1. The summed E-state index contributed by atoms with van der Waals surface area (Å²) in [6.07, 6.45) is 0. The van der Waals surface area contributed by atoms with Crippen molar-refractivity contribution in [2.24, 2.45) is 0 Å². The van der Waals surface area contributed by atoms with Gasteiger partial charge in [-0.3, -0.25) is 0 Å². The summed E-state index contributed by atoms with van der Waals surface area (Å²) in [5, 5.41) is 8.80. The average Bonchev–Trinajstić information content (AvgIpc) is 2.41. The molecule has 0 unspecified atom stereocenters. The molecule has 104 valence electrons. The maximum atomic E-state index is 13.2. The van der Waals surface area contributed by atoms with Crippen molar-refractivity contribution in [2.75, 3.05) is 0 Å². The van der Waals surface area contributed by atoms with Gasteiger partial charge in [0, 0.05) is 10.6 Å². The molecule has 0 spiro atoms. The van der Waals surface area contributed by atoms with Gasteiger partial charge in [0.05, 0.1) is 5.56 Å². The number of hydrogen-bond donors (Lipinski definition) is 1. The molecule has 0 bridgehead atoms. The Morgan fingerprint density at radius 2 is 1.70 bits per heavy atom. The van der Waals surface area contributed by atoms with Gasteiger partial charge >= 0.3 is 5.97 Å². The second-order valence-electron chi connectivity index (χ2n) is 3.98. The highest BCUT2D eigenvalue weighted by Gasteiger charge is 2.11. The van der Waals surface area contributed by atoms with E-state index in [0.29, 0.717) is 16.2 Å². The summed E-state index contributed by atoms with van der Waals surface area (Å²) in [6, 6.07) is 7.25. The van der Waals surface area contributed by atoms with Crippen molar-refractivity contribution < 1.29 is 23.1 Å². The smallest absolute Gasteiger partial charge is 0.338 e. The molecule has 0 heterocycles. The van der Waals surface area contributed by atoms with Crippen LogP contribution in [0.2, 0.25) is 0 Å². The molecule has 0 saturated heterocycles. The van der Waals surface area contributed by atoms with Crippen molar-refractivity contribution in [1.82, 2.24) is 0 Å². The molecule has 0 aliphatic carbocycles. The minimum atomic E-state index is -1.35. The molecule has 0 aliphatic rings. The number of carbonyl (C=O) groups is 1. The fraction of sp³-hybridized carbons (Fsp3) is 0.0714. The topological polar surface area (TPSA) is 37.3 Å². The van der Waals surface area contributed by atoms with E-state index in [1.165, 1.54) is 30.0 Å². The van der Waals surface area contributed by atoms with E-state index >= 15 is 0 Å². The average molecular weight is 298 g/mol. The van der Waals surface area contributed by atoms with Gasteiger partial charge in [-0.2, -0.15) is 0 Å². The second kappa shape index (κ2) is 6.00. The molecule has 1 N–H and O–H groups in total. The number of benzene rings is 2. The van der Waals surface area contributed by atoms with E-state index in [-0.39, 0.29) is 0 Å². The number of aromatic carboxylic acids is 1. The maximum absolute atomic E-state index is 13.2. The zero-order valence-corrected chi connectivity index (χ0v) is 10.9. The molecule has 20 heavy (non-hydrogen) atoms. The molecular weight excluding hydrogens is 289 g/mol. The number of rotatable bonds is 4. The lowest BCUT2D eigenvalue weighted by Crippen LogP contribution is -2.00. The van der Waals surface area contributed by atoms with Gasteiger partial charge in [-0.25, -0.2) is 18.0 Å². The van der Waals surface area contributed by atoms with Crippen molar-refractivity contribution >= 4 is 17.7 Å². The number of carboxylic acid groups (broad SMARTS) is 1. The second-order valence-corrected chi connectivity index (χ2v) is 5.03. The van der Waals surface area contributed by atoms with Gasteiger partial charge in [-0.05, 0) is 35.9 Å². The first-order valence-electron chi connectivity index (χ1n) is 5.57. The Bertz CT molecular complexity index is 659. The zero-order valence-electron chi connectivity index (χ0n) is 10.1. The van der Waals surface area contributed by atoms with Crippen LogP contribution in [0.3, 0.4) is 0 Å². The largest absolute Gasteiger partial charge is 0.478 e. The molecule has 6 heteroatoms. The summed E-state index contributed by atoms with van der Waals surface area (Å²) in [5.74, 6) is -3.70. The Morgan fingerprint density at radius 3 is 2.35 bits per heavy atom. The van der Waals surface area contributed by atoms with Gasteiger partial charge in [0.2, 0.25) is 0 Å². The lowest BCUT2D eigenvalue weighted by molar-refractivity contribution is 0.0691. The van der Waals surface area contributed by atoms with Gasteiger partial charge < -0.3 is 5.11 Å². The van der Waals surface area contributed by atoms with E-state index in [4.69, 9.17) is 5.11 Å². The molecule has 0 radical (unpaired) electrons. The third-order valence-corrected chi connectivity index (χ3v) is 3.62. The fourth-order valence-electron chi connectivity index (χ4n) is 1.55. The third kappa shape index (κ3) is 3.33. The van der Waals surface area contributed by atoms with Crippen LogP contribution in [-0.2, 0) is 5.75 Å². The highest BCUT2D eigenvalue weighted by molar-refractivity contribution is 7.98. The Hall–Kier alpha value is -1.95. The Morgan fingerprint density at radius 1 is 1.00 bits per heavy atom. The molecule has 0 saturated carbocycles. The van der Waals surface area contributed by atoms with Gasteiger partial charge in [-0.15, -0.1) is 11.8 Å². The van der Waals surface area contributed by atoms with Gasteiger partial charge in [0.25, 0.3) is 0 Å². The molecular formula is C14H9F3O2S. The normalized spacial score (nSPS) is 10.6. The molecule has 2 aromatic carbocycles. The lowest BCUT2D eigenvalue weighted by atomic mass is 10.2. The lowest BCUT2D eigenvalue weighted by Gasteiger charge is -2.05. The van der Waals surface area contributed by atoms with Crippen LogP contribution in [0, 0.1) is 17.5 Å². The SMILES string of the molecule is O=C(O)c1cc(SCc2ccc(F)c(F)c2)ccc1F. The molecule has 2 rings (SSSR count). The molecule has 2 aromatic rings. The quantitative estimate of drug-likeness (QED) is 0.864. The molecule has 0 amide bonds. The Kier molecular flexibility index (Phi) is 4.34. The van der Waals surface area contributed by atoms with Crippen LogP contribution in [0.25, 0.3) is 0 Å². The van der Waals surface area contributed by atoms with Crippen LogP contribution in [0.1, 0.15) is 15.9 Å². The van der Waals surface area contributed by atoms with Crippen molar-refractivity contribution in [2.45, 2.75) is 10.6 Å². The van der Waals surface area contributed by atoms with Crippen LogP contribution >= 0.6 is 11.8 Å². The Balaban J connectivity index is 2.12. The van der Waals surface area contributed by atoms with E-state index < -0.39 is 29.0 Å². The third-order valence-electron chi connectivity index (χ3n) is 2.56. The van der Waals surface area contributed by atoms with Crippen LogP contribution in [-0.4, -0.2) is 11.1 Å². The summed E-state index contributed by atoms with van der Waals surface area (Å²) in [4.78, 5) is 11.3. The molecule has 0 atom stereocenters. The van der Waals surface area contributed by atoms with Crippen LogP contribution < -0.4 is 0 Å². The molecule has 2 nitrogen and oxygen atoms in total. The summed E-state index contributed by atoms with van der Waals surface area (Å²) < 4.78 is 39.0. The standard InChI is InChI=1S/C14H9F3O2S/c15-11-4-2-9(6-10(11)14(18)19)20-7-8-1-3-12(16)13(17)5-8/h1-6H,7H2,(H,18,19). The first-order valence-corrected chi connectivity index (χ1v) is 6.55. The summed E-state index contributed by atoms with van der Waals surface area (Å²) in [5.41, 5.74) is 0.135. The van der Waals surface area contributed by atoms with Crippen molar-refractivity contribution in [3.8, 4) is 0 Å². The minimum Gasteiger partial charge on any atom is -0.478 e. The first kappa shape index (κ1) is 14.5. The Labute approximate surface area is 117 Å². The zero-order chi connectivity index (χ0) is 14.7. The predicted molar refractivity (Wildman–Crippen MR) is 69.3 cm³/mol. The highest BCUT2D eigenvalue weighted by atomic mass is 32.2. The highest BCUT2D eigenvalue weighted by Crippen LogP contribution is 2.25. The predicted octanol–water partition coefficient (Wildman–Crippen LogP) is 4.09. The maximum Gasteiger partial charge on any atom is 0.338 e. The van der Waals surface area contributed by atoms with E-state index in [0.717, 1.165) is 18.2 Å². The fourth-order valence-corrected chi connectivity index (χ4v) is 2.43. The first-order chi connectivity index (χ1) is 9.47. The van der Waals surface area contributed by atoms with E-state index in [1.54, 1.807) is 0 Å². The van der Waals surface area contributed by atoms with Gasteiger partial charge in [-0.1, -0.05) is 6.07 Å². The molecule has 0 aliphatic heterocycles. The van der Waals surface area contributed by atoms with Crippen molar-refractivity contribution in [3.05, 3.63) is 65.0 Å². The van der Waals surface area contributed by atoms with E-state index in [1.807, 2.05) is 0 Å². The number of thioether (sulfide) groups is 1.